The fraction of sp³-hybridized carbons (Fsp3) is 0.333. The van der Waals surface area contributed by atoms with Gasteiger partial charge in [0.2, 0.25) is 0 Å². The molecule has 1 aliphatic rings. The van der Waals surface area contributed by atoms with E-state index in [9.17, 15) is 9.90 Å². The number of benzene rings is 1. The van der Waals surface area contributed by atoms with E-state index in [4.69, 9.17) is 11.6 Å². The zero-order chi connectivity index (χ0) is 17.6. The quantitative estimate of drug-likeness (QED) is 0.612. The number of rotatable bonds is 2. The lowest BCUT2D eigenvalue weighted by molar-refractivity contribution is -0.890. The van der Waals surface area contributed by atoms with Crippen molar-refractivity contribution in [2.45, 2.75) is 0 Å². The number of nitrogens with zero attached hydrogens (tertiary/aromatic N) is 3. The van der Waals surface area contributed by atoms with Crippen molar-refractivity contribution in [1.29, 1.82) is 0 Å². The molecule has 0 bridgehead atoms. The number of aromatic carboxylic acids is 1. The Hall–Kier alpha value is -2.11. The van der Waals surface area contributed by atoms with Crippen LogP contribution in [-0.2, 0) is 0 Å². The number of hydrogen-bond donors (Lipinski definition) is 0. The maximum atomic E-state index is 10.2. The number of quaternary nitrogens is 1. The Bertz CT molecular complexity index is 667. The number of aromatic nitrogens is 1. The number of carbonyl (C=O) groups is 1. The monoisotopic (exact) mass is 347 g/mol. The van der Waals surface area contributed by atoms with Crippen molar-refractivity contribution in [2.24, 2.45) is 0 Å². The number of carbonyl (C=O) groups excluding carboxylic acids is 1. The van der Waals surface area contributed by atoms with Gasteiger partial charge in [0.25, 0.3) is 0 Å². The van der Waals surface area contributed by atoms with Gasteiger partial charge in [-0.25, -0.2) is 4.98 Å². The van der Waals surface area contributed by atoms with Crippen molar-refractivity contribution < 1.29 is 14.4 Å². The molecule has 0 atom stereocenters. The predicted molar refractivity (Wildman–Crippen MR) is 94.1 cm³/mol. The molecule has 24 heavy (non-hydrogen) atoms. The summed E-state index contributed by atoms with van der Waals surface area (Å²) in [5.74, 6) is -1.31. The van der Waals surface area contributed by atoms with Gasteiger partial charge in [-0.1, -0.05) is 29.8 Å². The molecule has 2 heterocycles. The van der Waals surface area contributed by atoms with Crippen molar-refractivity contribution in [3.8, 4) is 0 Å². The molecule has 0 aliphatic carbocycles. The maximum absolute atomic E-state index is 10.2. The fourth-order valence-electron chi connectivity index (χ4n) is 2.44. The van der Waals surface area contributed by atoms with Crippen LogP contribution in [0.15, 0.2) is 48.7 Å². The normalized spacial score (nSPS) is 16.0. The zero-order valence-electron chi connectivity index (χ0n) is 14.0. The lowest BCUT2D eigenvalue weighted by atomic mass is 10.2. The van der Waals surface area contributed by atoms with Crippen LogP contribution in [0, 0.1) is 0 Å². The minimum absolute atomic E-state index is 0.0394. The second-order valence-electron chi connectivity index (χ2n) is 6.33. The highest BCUT2D eigenvalue weighted by Crippen LogP contribution is 2.16. The van der Waals surface area contributed by atoms with Crippen LogP contribution >= 0.6 is 11.6 Å². The number of anilines is 1. The van der Waals surface area contributed by atoms with Crippen molar-refractivity contribution in [2.75, 3.05) is 45.2 Å². The molecule has 5 nitrogen and oxygen atoms in total. The molecule has 128 valence electrons. The summed E-state index contributed by atoms with van der Waals surface area (Å²) in [7, 11) is 4.62. The lowest BCUT2D eigenvalue weighted by Gasteiger charge is -2.40. The number of pyridine rings is 1. The van der Waals surface area contributed by atoms with Crippen molar-refractivity contribution in [3.63, 3.8) is 0 Å². The molecule has 0 saturated carbocycles. The highest BCUT2D eigenvalue weighted by Gasteiger charge is 2.23. The Labute approximate surface area is 147 Å². The standard InChI is InChI=1S/C12H19N2.C6H4ClNO2/c1-14(2)10-8-13(9-11-14)12-6-4-3-5-7-12;7-5-4(6(9)10)2-1-3-8-5/h3-7H,8-11H2,1-2H3;1-3H,(H,9,10)/q+1;/p-1. The number of carboxylic acid groups (broad SMARTS) is 1. The largest absolute Gasteiger partial charge is 0.545 e. The van der Waals surface area contributed by atoms with Crippen LogP contribution < -0.4 is 10.0 Å². The molecule has 0 spiro atoms. The van der Waals surface area contributed by atoms with Gasteiger partial charge in [0, 0.05) is 17.4 Å². The second-order valence-corrected chi connectivity index (χ2v) is 6.69. The summed E-state index contributed by atoms with van der Waals surface area (Å²) in [6.07, 6.45) is 1.41. The summed E-state index contributed by atoms with van der Waals surface area (Å²) in [6.45, 7) is 4.85. The van der Waals surface area contributed by atoms with Gasteiger partial charge in [0.1, 0.15) is 5.15 Å². The van der Waals surface area contributed by atoms with Crippen LogP contribution in [0.4, 0.5) is 5.69 Å². The average Bonchev–Trinajstić information content (AvgIpc) is 2.56. The fourth-order valence-corrected chi connectivity index (χ4v) is 2.64. The van der Waals surface area contributed by atoms with E-state index >= 15 is 0 Å². The van der Waals surface area contributed by atoms with Crippen molar-refractivity contribution in [3.05, 3.63) is 59.4 Å². The number of likely N-dealkylation sites (N-methyl/N-ethyl adjacent to an activating group) is 1. The molecule has 1 aliphatic heterocycles. The molecule has 2 aromatic rings. The van der Waals surface area contributed by atoms with Gasteiger partial charge in [-0.15, -0.1) is 0 Å². The van der Waals surface area contributed by atoms with E-state index in [1.165, 1.54) is 50.2 Å². The highest BCUT2D eigenvalue weighted by atomic mass is 35.5. The molecular weight excluding hydrogens is 326 g/mol. The number of halogens is 1. The van der Waals surface area contributed by atoms with Gasteiger partial charge in [-0.2, -0.15) is 0 Å². The van der Waals surface area contributed by atoms with Crippen LogP contribution in [-0.4, -0.2) is 55.7 Å². The van der Waals surface area contributed by atoms with Crippen molar-refractivity contribution >= 4 is 23.3 Å². The molecule has 0 radical (unpaired) electrons. The first-order chi connectivity index (χ1) is 11.4. The van der Waals surface area contributed by atoms with Gasteiger partial charge in [-0.3, -0.25) is 0 Å². The third-order valence-corrected chi connectivity index (χ3v) is 4.35. The molecular formula is C18H22ClN3O2. The zero-order valence-corrected chi connectivity index (χ0v) is 14.7. The third-order valence-electron chi connectivity index (χ3n) is 4.05. The Morgan fingerprint density at radius 2 is 1.75 bits per heavy atom. The van der Waals surface area contributed by atoms with E-state index in [1.807, 2.05) is 0 Å². The van der Waals surface area contributed by atoms with Crippen molar-refractivity contribution in [1.82, 2.24) is 4.98 Å². The van der Waals surface area contributed by atoms with E-state index in [0.717, 1.165) is 4.48 Å². The minimum atomic E-state index is -1.31. The molecule has 0 unspecified atom stereocenters. The van der Waals surface area contributed by atoms with Gasteiger partial charge in [-0.05, 0) is 24.3 Å². The number of piperazine rings is 1. The molecule has 3 rings (SSSR count). The summed E-state index contributed by atoms with van der Waals surface area (Å²) >= 11 is 5.39. The minimum Gasteiger partial charge on any atom is -0.545 e. The maximum Gasteiger partial charge on any atom is 0.138 e. The number of para-hydroxylation sites is 1. The average molecular weight is 348 g/mol. The van der Waals surface area contributed by atoms with Gasteiger partial charge < -0.3 is 19.3 Å². The smallest absolute Gasteiger partial charge is 0.138 e. The molecule has 0 N–H and O–H groups in total. The van der Waals surface area contributed by atoms with E-state index < -0.39 is 5.97 Å². The first-order valence-electron chi connectivity index (χ1n) is 7.83. The number of hydrogen-bond acceptors (Lipinski definition) is 4. The summed E-state index contributed by atoms with van der Waals surface area (Å²) in [5, 5.41) is 10.1. The molecule has 1 aromatic heterocycles. The first-order valence-corrected chi connectivity index (χ1v) is 8.21. The molecule has 1 aromatic carbocycles. The van der Waals surface area contributed by atoms with E-state index in [2.05, 4.69) is 54.3 Å². The van der Waals surface area contributed by atoms with Crippen LogP contribution in [0.1, 0.15) is 10.4 Å². The van der Waals surface area contributed by atoms with E-state index in [-0.39, 0.29) is 10.7 Å². The molecule has 1 saturated heterocycles. The number of carboxylic acids is 1. The van der Waals surface area contributed by atoms with Gasteiger partial charge in [0.05, 0.1) is 46.2 Å². The van der Waals surface area contributed by atoms with Crippen LogP contribution in [0.2, 0.25) is 5.15 Å². The van der Waals surface area contributed by atoms with Gasteiger partial charge in [0.15, 0.2) is 0 Å². The summed E-state index contributed by atoms with van der Waals surface area (Å²) in [6, 6.07) is 13.5. The SMILES string of the molecule is C[N+]1(C)CCN(c2ccccc2)CC1.O=C([O-])c1cccnc1Cl. The molecule has 6 heteroatoms. The Balaban J connectivity index is 0.000000185. The van der Waals surface area contributed by atoms with Crippen LogP contribution in [0.3, 0.4) is 0 Å². The summed E-state index contributed by atoms with van der Waals surface area (Å²) in [4.78, 5) is 16.2. The molecule has 1 fully saturated rings. The van der Waals surface area contributed by atoms with E-state index in [1.54, 1.807) is 0 Å². The lowest BCUT2D eigenvalue weighted by Crippen LogP contribution is -2.54. The molecule has 0 amide bonds. The Morgan fingerprint density at radius 1 is 1.12 bits per heavy atom. The third kappa shape index (κ3) is 5.22. The predicted octanol–water partition coefficient (Wildman–Crippen LogP) is 1.68. The second kappa shape index (κ2) is 8.13. The topological polar surface area (TPSA) is 56.3 Å². The van der Waals surface area contributed by atoms with Crippen LogP contribution in [0.5, 0.6) is 0 Å². The highest BCUT2D eigenvalue weighted by molar-refractivity contribution is 6.32. The van der Waals surface area contributed by atoms with Crippen LogP contribution in [0.25, 0.3) is 0 Å². The summed E-state index contributed by atoms with van der Waals surface area (Å²) in [5.41, 5.74) is 1.29. The van der Waals surface area contributed by atoms with Gasteiger partial charge >= 0.3 is 0 Å². The summed E-state index contributed by atoms with van der Waals surface area (Å²) < 4.78 is 1.16. The van der Waals surface area contributed by atoms with E-state index in [0.29, 0.717) is 0 Å². The first kappa shape index (κ1) is 18.2. The Morgan fingerprint density at radius 3 is 2.25 bits per heavy atom. The Kier molecular flexibility index (Phi) is 6.17.